The van der Waals surface area contributed by atoms with Crippen LogP contribution in [0.3, 0.4) is 0 Å². The SMILES string of the molecule is CC(C)(C)[Si](C)(C)OC[C@@]1(C#N)O[C@@H](c2cc3ncnc(N)n3c2)[C@H](F)[C@@H]1O[Si](C)(C)C(C)(C)C. The molecule has 0 saturated carbocycles. The minimum Gasteiger partial charge on any atom is -0.413 e. The van der Waals surface area contributed by atoms with Gasteiger partial charge in [0.2, 0.25) is 11.5 Å². The molecule has 0 amide bonds. The van der Waals surface area contributed by atoms with Crippen LogP contribution in [0.15, 0.2) is 18.6 Å². The van der Waals surface area contributed by atoms with Crippen LogP contribution >= 0.6 is 0 Å². The second-order valence-corrected chi connectivity index (χ2v) is 22.1. The zero-order valence-electron chi connectivity index (χ0n) is 22.6. The van der Waals surface area contributed by atoms with E-state index >= 15 is 4.39 Å². The summed E-state index contributed by atoms with van der Waals surface area (Å²) in [6, 6.07) is 3.98. The zero-order chi connectivity index (χ0) is 26.6. The number of hydrogen-bond acceptors (Lipinski definition) is 7. The highest BCUT2D eigenvalue weighted by Gasteiger charge is 2.61. The number of anilines is 1. The minimum atomic E-state index is -2.46. The molecule has 8 nitrogen and oxygen atoms in total. The maximum atomic E-state index is 16.3. The van der Waals surface area contributed by atoms with Crippen LogP contribution in [-0.2, 0) is 13.6 Å². The molecule has 0 radical (unpaired) electrons. The van der Waals surface area contributed by atoms with Crippen molar-refractivity contribution in [3.8, 4) is 6.07 Å². The molecule has 2 N–H and O–H groups in total. The smallest absolute Gasteiger partial charge is 0.207 e. The molecule has 194 valence electrons. The van der Waals surface area contributed by atoms with Crippen molar-refractivity contribution >= 4 is 28.2 Å². The molecule has 0 aliphatic carbocycles. The zero-order valence-corrected chi connectivity index (χ0v) is 24.6. The molecule has 2 aromatic rings. The van der Waals surface area contributed by atoms with E-state index < -0.39 is 40.6 Å². The first-order chi connectivity index (χ1) is 15.9. The second-order valence-electron chi connectivity index (χ2n) is 12.6. The summed E-state index contributed by atoms with van der Waals surface area (Å²) < 4.78 is 37.2. The second kappa shape index (κ2) is 8.92. The van der Waals surface area contributed by atoms with Gasteiger partial charge < -0.3 is 19.3 Å². The monoisotopic (exact) mass is 521 g/mol. The van der Waals surface area contributed by atoms with Crippen molar-refractivity contribution in [3.63, 3.8) is 0 Å². The third kappa shape index (κ3) is 5.04. The van der Waals surface area contributed by atoms with Crippen molar-refractivity contribution < 1.29 is 18.0 Å². The highest BCUT2D eigenvalue weighted by atomic mass is 28.4. The van der Waals surface area contributed by atoms with Crippen molar-refractivity contribution in [3.05, 3.63) is 24.2 Å². The summed E-state index contributed by atoms with van der Waals surface area (Å²) in [5, 5.41) is 10.2. The standard InChI is InChI=1S/C24H40FN5O3Si2/c1-22(2,3)34(7,8)31-14-24(13-26)20(33-35(9,10)23(4,5)6)18(25)19(32-24)16-11-17-28-15-29-21(27)30(17)12-16/h11-12,15,18-20H,14H2,1-10H3,(H2,27,28,29)/t18-,19-,20-,24+/m0/s1. The van der Waals surface area contributed by atoms with Crippen LogP contribution in [0.2, 0.25) is 36.3 Å². The molecule has 4 atom stereocenters. The number of nitriles is 1. The number of ether oxygens (including phenoxy) is 1. The topological polar surface area (TPSA) is 108 Å². The number of nitrogens with two attached hydrogens (primary N) is 1. The third-order valence-corrected chi connectivity index (χ3v) is 17.0. The first kappa shape index (κ1) is 27.7. The number of alkyl halides is 1. The average Bonchev–Trinajstić information content (AvgIpc) is 3.26. The lowest BCUT2D eigenvalue weighted by atomic mass is 9.96. The Morgan fingerprint density at radius 2 is 1.74 bits per heavy atom. The molecule has 1 aliphatic heterocycles. The summed E-state index contributed by atoms with van der Waals surface area (Å²) in [6.45, 7) is 20.9. The molecule has 1 fully saturated rings. The molecule has 0 unspecified atom stereocenters. The fourth-order valence-electron chi connectivity index (χ4n) is 3.54. The molecule has 3 rings (SSSR count). The first-order valence-electron chi connectivity index (χ1n) is 12.0. The van der Waals surface area contributed by atoms with Gasteiger partial charge in [-0.3, -0.25) is 4.40 Å². The van der Waals surface area contributed by atoms with Crippen molar-refractivity contribution in [1.82, 2.24) is 14.4 Å². The molecule has 3 heterocycles. The molecule has 0 aromatic carbocycles. The van der Waals surface area contributed by atoms with Gasteiger partial charge in [0.05, 0.1) is 6.61 Å². The van der Waals surface area contributed by atoms with E-state index in [0.717, 1.165) is 0 Å². The predicted molar refractivity (Wildman–Crippen MR) is 140 cm³/mol. The van der Waals surface area contributed by atoms with Gasteiger partial charge in [0.1, 0.15) is 30.3 Å². The van der Waals surface area contributed by atoms with E-state index in [-0.39, 0.29) is 22.6 Å². The molecule has 0 bridgehead atoms. The summed E-state index contributed by atoms with van der Waals surface area (Å²) in [7, 11) is -4.72. The van der Waals surface area contributed by atoms with E-state index in [4.69, 9.17) is 19.3 Å². The van der Waals surface area contributed by atoms with Crippen molar-refractivity contribution in [2.45, 2.75) is 102 Å². The summed E-state index contributed by atoms with van der Waals surface area (Å²) in [4.78, 5) is 8.20. The van der Waals surface area contributed by atoms with Crippen molar-refractivity contribution in [2.75, 3.05) is 12.3 Å². The maximum absolute atomic E-state index is 16.3. The number of halogens is 1. The summed E-state index contributed by atoms with van der Waals surface area (Å²) >= 11 is 0. The lowest BCUT2D eigenvalue weighted by Gasteiger charge is -2.43. The van der Waals surface area contributed by atoms with E-state index in [0.29, 0.717) is 11.2 Å². The molecule has 35 heavy (non-hydrogen) atoms. The van der Waals surface area contributed by atoms with Gasteiger partial charge in [-0.2, -0.15) is 5.26 Å². The molecule has 2 aromatic heterocycles. The molecular weight excluding hydrogens is 481 g/mol. The largest absolute Gasteiger partial charge is 0.413 e. The van der Waals surface area contributed by atoms with E-state index in [1.807, 2.05) is 13.1 Å². The quantitative estimate of drug-likeness (QED) is 0.507. The first-order valence-corrected chi connectivity index (χ1v) is 17.8. The van der Waals surface area contributed by atoms with E-state index in [9.17, 15) is 5.26 Å². The highest BCUT2D eigenvalue weighted by Crippen LogP contribution is 2.48. The van der Waals surface area contributed by atoms with E-state index in [2.05, 4.69) is 70.7 Å². The van der Waals surface area contributed by atoms with Crippen LogP contribution in [-0.4, -0.2) is 55.5 Å². The average molecular weight is 522 g/mol. The Bertz CT molecular complexity index is 1120. The van der Waals surface area contributed by atoms with Gasteiger partial charge in [-0.25, -0.2) is 14.4 Å². The van der Waals surface area contributed by atoms with Gasteiger partial charge in [0.15, 0.2) is 22.8 Å². The number of hydrogen-bond donors (Lipinski definition) is 1. The van der Waals surface area contributed by atoms with Gasteiger partial charge in [0, 0.05) is 11.8 Å². The van der Waals surface area contributed by atoms with Gasteiger partial charge in [-0.1, -0.05) is 41.5 Å². The fraction of sp³-hybridized carbons (Fsp3) is 0.708. The van der Waals surface area contributed by atoms with Crippen LogP contribution in [0.25, 0.3) is 5.65 Å². The molecule has 11 heteroatoms. The predicted octanol–water partition coefficient (Wildman–Crippen LogP) is 5.40. The van der Waals surface area contributed by atoms with Crippen LogP contribution in [0.1, 0.15) is 53.2 Å². The van der Waals surface area contributed by atoms with Crippen LogP contribution in [0, 0.1) is 11.3 Å². The Balaban J connectivity index is 2.05. The normalized spacial score (nSPS) is 26.3. The lowest BCUT2D eigenvalue weighted by molar-refractivity contribution is -0.0671. The Morgan fingerprint density at radius 3 is 2.26 bits per heavy atom. The summed E-state index contributed by atoms with van der Waals surface area (Å²) in [5.74, 6) is 0.233. The highest BCUT2D eigenvalue weighted by molar-refractivity contribution is 6.74. The number of fused-ring (bicyclic) bond motifs is 1. The Labute approximate surface area is 210 Å². The Hall–Kier alpha value is -1.85. The fourth-order valence-corrected chi connectivity index (χ4v) is 5.86. The van der Waals surface area contributed by atoms with Crippen molar-refractivity contribution in [1.29, 1.82) is 5.26 Å². The number of rotatable bonds is 6. The summed E-state index contributed by atoms with van der Waals surface area (Å²) in [6.07, 6.45) is -0.707. The Morgan fingerprint density at radius 1 is 1.14 bits per heavy atom. The van der Waals surface area contributed by atoms with E-state index in [1.54, 1.807) is 16.7 Å². The lowest BCUT2D eigenvalue weighted by Crippen LogP contribution is -2.56. The third-order valence-electron chi connectivity index (χ3n) is 8.02. The van der Waals surface area contributed by atoms with Crippen LogP contribution < -0.4 is 5.73 Å². The molecule has 1 saturated heterocycles. The number of aromatic nitrogens is 3. The van der Waals surface area contributed by atoms with E-state index in [1.165, 1.54) is 6.33 Å². The summed E-state index contributed by atoms with van der Waals surface area (Å²) in [5.41, 5.74) is 5.42. The molecular formula is C24H40FN5O3Si2. The molecule has 1 aliphatic rings. The molecule has 0 spiro atoms. The van der Waals surface area contributed by atoms with Gasteiger partial charge in [-0.05, 0) is 42.3 Å². The van der Waals surface area contributed by atoms with Gasteiger partial charge in [-0.15, -0.1) is 0 Å². The number of nitrogens with zero attached hydrogens (tertiary/aromatic N) is 4. The van der Waals surface area contributed by atoms with Gasteiger partial charge in [0.25, 0.3) is 0 Å². The van der Waals surface area contributed by atoms with Crippen LogP contribution in [0.5, 0.6) is 0 Å². The maximum Gasteiger partial charge on any atom is 0.207 e. The van der Waals surface area contributed by atoms with Crippen molar-refractivity contribution in [2.24, 2.45) is 0 Å². The minimum absolute atomic E-state index is 0.0640. The number of nitrogen functional groups attached to an aromatic ring is 1. The van der Waals surface area contributed by atoms with Crippen LogP contribution in [0.4, 0.5) is 10.3 Å². The Kier molecular flexibility index (Phi) is 7.07. The van der Waals surface area contributed by atoms with Gasteiger partial charge >= 0.3 is 0 Å².